The Kier molecular flexibility index (Phi) is 3.98. The lowest BCUT2D eigenvalue weighted by Crippen LogP contribution is -2.41. The summed E-state index contributed by atoms with van der Waals surface area (Å²) in [7, 11) is 1.58. The molecule has 0 aliphatic heterocycles. The van der Waals surface area contributed by atoms with Crippen LogP contribution >= 0.6 is 0 Å². The fourth-order valence-electron chi connectivity index (χ4n) is 4.33. The second-order valence-corrected chi connectivity index (χ2v) is 7.10. The van der Waals surface area contributed by atoms with Gasteiger partial charge in [-0.2, -0.15) is 0 Å². The van der Waals surface area contributed by atoms with Crippen molar-refractivity contribution in [3.63, 3.8) is 0 Å². The van der Waals surface area contributed by atoms with Gasteiger partial charge in [-0.25, -0.2) is 0 Å². The van der Waals surface area contributed by atoms with Crippen LogP contribution in [0.1, 0.15) is 25.1 Å². The van der Waals surface area contributed by atoms with E-state index in [0.29, 0.717) is 17.1 Å². The lowest BCUT2D eigenvalue weighted by Gasteiger charge is -2.25. The number of allylic oxidation sites excluding steroid dienone is 2. The Bertz CT molecular complexity index is 899. The van der Waals surface area contributed by atoms with E-state index < -0.39 is 17.8 Å². The molecule has 1 amide bonds. The summed E-state index contributed by atoms with van der Waals surface area (Å²) in [6.45, 7) is 1.83. The van der Waals surface area contributed by atoms with Crippen LogP contribution in [0.25, 0.3) is 11.0 Å². The van der Waals surface area contributed by atoms with Crippen LogP contribution in [0.2, 0.25) is 0 Å². The molecule has 1 aromatic heterocycles. The van der Waals surface area contributed by atoms with Gasteiger partial charge in [0.15, 0.2) is 11.3 Å². The monoisotopic (exact) mass is 355 g/mol. The summed E-state index contributed by atoms with van der Waals surface area (Å²) in [6, 6.07) is 7.12. The molecule has 1 aromatic carbocycles. The van der Waals surface area contributed by atoms with Crippen molar-refractivity contribution in [1.29, 1.82) is 0 Å². The second kappa shape index (κ2) is 6.20. The maximum absolute atomic E-state index is 12.8. The van der Waals surface area contributed by atoms with Crippen LogP contribution < -0.4 is 10.1 Å². The van der Waals surface area contributed by atoms with Crippen LogP contribution in [0, 0.1) is 23.7 Å². The van der Waals surface area contributed by atoms with Crippen molar-refractivity contribution >= 4 is 22.8 Å². The highest BCUT2D eigenvalue weighted by Gasteiger charge is 2.51. The van der Waals surface area contributed by atoms with Gasteiger partial charge >= 0.3 is 5.97 Å². The minimum Gasteiger partial charge on any atom is -0.493 e. The molecule has 26 heavy (non-hydrogen) atoms. The third kappa shape index (κ3) is 2.57. The van der Waals surface area contributed by atoms with Crippen LogP contribution in [-0.4, -0.2) is 24.1 Å². The van der Waals surface area contributed by atoms with Crippen molar-refractivity contribution in [2.75, 3.05) is 7.11 Å². The molecule has 2 N–H and O–H groups in total. The van der Waals surface area contributed by atoms with Crippen LogP contribution in [0.5, 0.6) is 5.75 Å². The van der Waals surface area contributed by atoms with Gasteiger partial charge in [0.05, 0.1) is 25.0 Å². The number of methoxy groups -OCH3 is 1. The summed E-state index contributed by atoms with van der Waals surface area (Å²) in [6.07, 6.45) is 4.65. The standard InChI is InChI=1S/C20H21NO5/c1-10(15-9-13-4-3-5-14(25-2)18(13)26-15)21-19(22)16-11-6-7-12(8-11)17(16)20(23)24/h3-7,9-12,16-17H,8H2,1-2H3,(H,21,22)(H,23,24)/t10-,11-,12-,16+,17+/m0/s1. The highest BCUT2D eigenvalue weighted by Crippen LogP contribution is 2.48. The third-order valence-corrected chi connectivity index (χ3v) is 5.58. The van der Waals surface area contributed by atoms with Crippen molar-refractivity contribution in [2.24, 2.45) is 23.7 Å². The fourth-order valence-corrected chi connectivity index (χ4v) is 4.33. The number of furan rings is 1. The Morgan fingerprint density at radius 3 is 2.69 bits per heavy atom. The second-order valence-electron chi connectivity index (χ2n) is 7.10. The number of carboxylic acids is 1. The number of hydrogen-bond donors (Lipinski definition) is 2. The van der Waals surface area contributed by atoms with Gasteiger partial charge in [-0.15, -0.1) is 0 Å². The number of benzene rings is 1. The smallest absolute Gasteiger partial charge is 0.307 e. The van der Waals surface area contributed by atoms with Crippen molar-refractivity contribution in [2.45, 2.75) is 19.4 Å². The number of ether oxygens (including phenoxy) is 1. The lowest BCUT2D eigenvalue weighted by molar-refractivity contribution is -0.148. The van der Waals surface area contributed by atoms with Crippen molar-refractivity contribution < 1.29 is 23.8 Å². The number of aliphatic carboxylic acids is 1. The number of carboxylic acid groups (broad SMARTS) is 1. The maximum Gasteiger partial charge on any atom is 0.307 e. The summed E-state index contributed by atoms with van der Waals surface area (Å²) in [5.74, 6) is -1.09. The van der Waals surface area contributed by atoms with Gasteiger partial charge in [0.25, 0.3) is 0 Å². The van der Waals surface area contributed by atoms with E-state index in [4.69, 9.17) is 9.15 Å². The molecule has 2 aromatic rings. The summed E-state index contributed by atoms with van der Waals surface area (Å²) in [5.41, 5.74) is 0.636. The van der Waals surface area contributed by atoms with E-state index in [1.807, 2.05) is 43.3 Å². The predicted octanol–water partition coefficient (Wildman–Crippen LogP) is 3.14. The summed E-state index contributed by atoms with van der Waals surface area (Å²) >= 11 is 0. The zero-order valence-electron chi connectivity index (χ0n) is 14.6. The van der Waals surface area contributed by atoms with E-state index in [0.717, 1.165) is 11.8 Å². The van der Waals surface area contributed by atoms with Crippen LogP contribution in [0.15, 0.2) is 40.8 Å². The Labute approximate surface area is 150 Å². The molecule has 2 aliphatic rings. The van der Waals surface area contributed by atoms with Gasteiger partial charge < -0.3 is 19.6 Å². The van der Waals surface area contributed by atoms with E-state index in [2.05, 4.69) is 5.32 Å². The zero-order valence-corrected chi connectivity index (χ0v) is 14.6. The third-order valence-electron chi connectivity index (χ3n) is 5.58. The number of carbonyl (C=O) groups excluding carboxylic acids is 1. The van der Waals surface area contributed by atoms with Crippen LogP contribution in [0.3, 0.4) is 0 Å². The topological polar surface area (TPSA) is 88.8 Å². The average Bonchev–Trinajstić information content (AvgIpc) is 3.33. The molecule has 2 bridgehead atoms. The van der Waals surface area contributed by atoms with Gasteiger partial charge in [-0.05, 0) is 37.3 Å². The molecule has 136 valence electrons. The Morgan fingerprint density at radius 2 is 2.00 bits per heavy atom. The molecular formula is C20H21NO5. The quantitative estimate of drug-likeness (QED) is 0.805. The van der Waals surface area contributed by atoms with Crippen molar-refractivity contribution in [3.05, 3.63) is 42.2 Å². The predicted molar refractivity (Wildman–Crippen MR) is 94.7 cm³/mol. The highest BCUT2D eigenvalue weighted by molar-refractivity contribution is 5.87. The van der Waals surface area contributed by atoms with Gasteiger partial charge in [0.2, 0.25) is 5.91 Å². The van der Waals surface area contributed by atoms with E-state index in [9.17, 15) is 14.7 Å². The molecule has 0 spiro atoms. The fraction of sp³-hybridized carbons (Fsp3) is 0.400. The number of rotatable bonds is 5. The molecule has 5 atom stereocenters. The van der Waals surface area contributed by atoms with E-state index in [1.165, 1.54) is 0 Å². The number of amides is 1. The van der Waals surface area contributed by atoms with E-state index >= 15 is 0 Å². The lowest BCUT2D eigenvalue weighted by atomic mass is 9.82. The Morgan fingerprint density at radius 1 is 1.27 bits per heavy atom. The summed E-state index contributed by atoms with van der Waals surface area (Å²) in [4.78, 5) is 24.4. The molecule has 0 radical (unpaired) electrons. The molecule has 1 heterocycles. The van der Waals surface area contributed by atoms with E-state index in [-0.39, 0.29) is 23.8 Å². The molecule has 0 saturated heterocycles. The van der Waals surface area contributed by atoms with Gasteiger partial charge in [-0.1, -0.05) is 24.3 Å². The minimum absolute atomic E-state index is 0.00377. The normalized spacial score (nSPS) is 27.6. The first-order valence-corrected chi connectivity index (χ1v) is 8.77. The van der Waals surface area contributed by atoms with Crippen molar-refractivity contribution in [3.8, 4) is 5.75 Å². The molecule has 0 unspecified atom stereocenters. The molecule has 6 heteroatoms. The first kappa shape index (κ1) is 16.7. The summed E-state index contributed by atoms with van der Waals surface area (Å²) < 4.78 is 11.2. The first-order valence-electron chi connectivity index (χ1n) is 8.77. The molecule has 4 rings (SSSR count). The maximum atomic E-state index is 12.8. The van der Waals surface area contributed by atoms with E-state index in [1.54, 1.807) is 7.11 Å². The Balaban J connectivity index is 1.55. The SMILES string of the molecule is COc1cccc2cc([C@H](C)NC(=O)[C@H]3[C@H](C(=O)O)[C@H]4C=C[C@H]3C4)oc12. The van der Waals surface area contributed by atoms with Crippen LogP contribution in [0.4, 0.5) is 0 Å². The molecule has 1 saturated carbocycles. The highest BCUT2D eigenvalue weighted by atomic mass is 16.5. The van der Waals surface area contributed by atoms with Gasteiger partial charge in [0.1, 0.15) is 5.76 Å². The Hall–Kier alpha value is -2.76. The number of nitrogens with one attached hydrogen (secondary N) is 1. The van der Waals surface area contributed by atoms with Crippen LogP contribution in [-0.2, 0) is 9.59 Å². The molecule has 1 fully saturated rings. The molecule has 2 aliphatic carbocycles. The number of carbonyl (C=O) groups is 2. The molecular weight excluding hydrogens is 334 g/mol. The molecule has 6 nitrogen and oxygen atoms in total. The average molecular weight is 355 g/mol. The van der Waals surface area contributed by atoms with Crippen molar-refractivity contribution in [1.82, 2.24) is 5.32 Å². The first-order chi connectivity index (χ1) is 12.5. The summed E-state index contributed by atoms with van der Waals surface area (Å²) in [5, 5.41) is 13.3. The number of hydrogen-bond acceptors (Lipinski definition) is 4. The number of fused-ring (bicyclic) bond motifs is 3. The largest absolute Gasteiger partial charge is 0.493 e. The van der Waals surface area contributed by atoms with Gasteiger partial charge in [-0.3, -0.25) is 9.59 Å². The zero-order chi connectivity index (χ0) is 18.4. The minimum atomic E-state index is -0.900. The van der Waals surface area contributed by atoms with Gasteiger partial charge in [0, 0.05) is 5.39 Å². The number of para-hydroxylation sites is 1.